The van der Waals surface area contributed by atoms with Crippen LogP contribution in [0.2, 0.25) is 0 Å². The van der Waals surface area contributed by atoms with Gasteiger partial charge in [0, 0.05) is 12.5 Å². The summed E-state index contributed by atoms with van der Waals surface area (Å²) in [4.78, 5) is 28.8. The van der Waals surface area contributed by atoms with Crippen LogP contribution in [0.5, 0.6) is 0 Å². The number of hydrogen-bond acceptors (Lipinski definition) is 11. The molecule has 1 unspecified atom stereocenters. The van der Waals surface area contributed by atoms with E-state index in [0.29, 0.717) is 5.56 Å². The molecule has 50 heavy (non-hydrogen) atoms. The number of nitrogens with zero attached hydrogens (tertiary/aromatic N) is 5. The Bertz CT molecular complexity index is 1780. The number of amides is 1. The molecule has 274 valence electrons. The summed E-state index contributed by atoms with van der Waals surface area (Å²) in [6, 6.07) is 12.3. The van der Waals surface area contributed by atoms with Gasteiger partial charge in [0.05, 0.1) is 26.8 Å². The maximum atomic E-state index is 13.5. The number of halogens is 3. The molecular formula is C31H39F3N6O9S. The van der Waals surface area contributed by atoms with Crippen LogP contribution >= 0.6 is 0 Å². The van der Waals surface area contributed by atoms with E-state index >= 15 is 0 Å². The summed E-state index contributed by atoms with van der Waals surface area (Å²) in [7, 11) is -4.49. The van der Waals surface area contributed by atoms with Crippen LogP contribution in [0.4, 0.5) is 22.8 Å². The van der Waals surface area contributed by atoms with Gasteiger partial charge in [-0.3, -0.25) is 4.84 Å². The second-order valence-corrected chi connectivity index (χ2v) is 14.5. The Morgan fingerprint density at radius 2 is 1.64 bits per heavy atom. The molecule has 3 aromatic rings. The van der Waals surface area contributed by atoms with Crippen molar-refractivity contribution in [3.8, 4) is 16.9 Å². The maximum Gasteiger partial charge on any atom is 0.511 e. The van der Waals surface area contributed by atoms with Crippen LogP contribution < -0.4 is 4.72 Å². The minimum Gasteiger partial charge on any atom is -0.569 e. The fourth-order valence-corrected chi connectivity index (χ4v) is 4.99. The minimum absolute atomic E-state index is 0.0516. The Labute approximate surface area is 287 Å². The molecule has 1 atom stereocenters. The van der Waals surface area contributed by atoms with Gasteiger partial charge in [-0.1, -0.05) is 29.8 Å². The Kier molecular flexibility index (Phi) is 12.0. The Hall–Kier alpha value is -5.07. The van der Waals surface area contributed by atoms with Crippen molar-refractivity contribution in [2.75, 3.05) is 13.2 Å². The molecule has 0 saturated carbocycles. The number of aryl methyl sites for hydroxylation is 1. The zero-order valence-electron chi connectivity index (χ0n) is 28.6. The van der Waals surface area contributed by atoms with Crippen LogP contribution in [0.25, 0.3) is 16.9 Å². The van der Waals surface area contributed by atoms with E-state index < -0.39 is 58.2 Å². The van der Waals surface area contributed by atoms with Crippen molar-refractivity contribution in [2.45, 2.75) is 83.9 Å². The number of nitrogens with one attached hydrogen (secondary N) is 1. The second-order valence-electron chi connectivity index (χ2n) is 12.8. The van der Waals surface area contributed by atoms with Gasteiger partial charge in [0.2, 0.25) is 5.28 Å². The van der Waals surface area contributed by atoms with Gasteiger partial charge in [-0.15, -0.1) is 5.01 Å². The van der Waals surface area contributed by atoms with E-state index in [-0.39, 0.29) is 27.8 Å². The Morgan fingerprint density at radius 3 is 2.18 bits per heavy atom. The van der Waals surface area contributed by atoms with Crippen molar-refractivity contribution >= 4 is 22.3 Å². The number of sulfonamides is 1. The number of hydrogen-bond donors (Lipinski definition) is 1. The average molecular weight is 729 g/mol. The number of aromatic nitrogens is 2. The number of benzene rings is 2. The first-order valence-electron chi connectivity index (χ1n) is 15.0. The van der Waals surface area contributed by atoms with E-state index in [4.69, 9.17) is 19.0 Å². The summed E-state index contributed by atoms with van der Waals surface area (Å²) in [5.41, 5.74) is -1.25. The first-order valence-corrected chi connectivity index (χ1v) is 16.5. The van der Waals surface area contributed by atoms with Crippen molar-refractivity contribution in [1.29, 1.82) is 0 Å². The lowest BCUT2D eigenvalue weighted by atomic mass is 10.1. The Balaban J connectivity index is 1.65. The third kappa shape index (κ3) is 11.2. The van der Waals surface area contributed by atoms with E-state index in [1.807, 2.05) is 6.92 Å². The van der Waals surface area contributed by atoms with Gasteiger partial charge >= 0.3 is 18.4 Å². The molecule has 0 radical (unpaired) electrons. The van der Waals surface area contributed by atoms with Crippen LogP contribution in [0.1, 0.15) is 59.7 Å². The fourth-order valence-electron chi connectivity index (χ4n) is 4.10. The molecule has 0 bridgehead atoms. The van der Waals surface area contributed by atoms with Crippen LogP contribution in [0.3, 0.4) is 0 Å². The first-order chi connectivity index (χ1) is 23.0. The van der Waals surface area contributed by atoms with Crippen LogP contribution in [-0.2, 0) is 35.2 Å². The number of hydrazine groups is 1. The van der Waals surface area contributed by atoms with Crippen molar-refractivity contribution in [3.05, 3.63) is 71.1 Å². The molecule has 1 aromatic heterocycles. The number of rotatable bonds is 11. The first kappa shape index (κ1) is 39.4. The summed E-state index contributed by atoms with van der Waals surface area (Å²) in [5.74, 6) is 0. The molecule has 1 amide bonds. The van der Waals surface area contributed by atoms with Gasteiger partial charge in [-0.25, -0.2) is 27.4 Å². The normalized spacial score (nSPS) is 13.3. The topological polar surface area (TPSA) is 177 Å². The average Bonchev–Trinajstić information content (AvgIpc) is 3.43. The van der Waals surface area contributed by atoms with E-state index in [1.165, 1.54) is 19.1 Å². The number of ether oxygens (including phenoxy) is 3. The Morgan fingerprint density at radius 1 is 1.04 bits per heavy atom. The molecule has 0 aliphatic rings. The van der Waals surface area contributed by atoms with E-state index in [0.717, 1.165) is 33.5 Å². The standard InChI is InChI=1S/C31H39F3N6O9S/c1-20-9-11-22(12-10-20)25-19-26(31(32,33)34)35-39(25)23-13-15-24(16-14-23)50(44,45)36-27(41)46-18-17-38(29(3,4)5)40(43)37-49-21(2)47-28(42)48-30(6,7)8/h9-16,19,21H,17-18H2,1-8H3,(H,36,41)/b40-37-. The molecular weight excluding hydrogens is 689 g/mol. The number of alkyl halides is 3. The predicted octanol–water partition coefficient (Wildman–Crippen LogP) is 6.49. The van der Waals surface area contributed by atoms with Crippen molar-refractivity contribution in [1.82, 2.24) is 19.5 Å². The molecule has 0 fully saturated rings. The van der Waals surface area contributed by atoms with Gasteiger partial charge < -0.3 is 19.4 Å². The largest absolute Gasteiger partial charge is 0.569 e. The number of carbonyl (C=O) groups excluding carboxylic acids is 2. The second kappa shape index (κ2) is 15.2. The number of carbonyl (C=O) groups is 2. The van der Waals surface area contributed by atoms with Crippen molar-refractivity contribution in [2.24, 2.45) is 5.28 Å². The molecule has 0 aliphatic carbocycles. The summed E-state index contributed by atoms with van der Waals surface area (Å²) in [5, 5.41) is 20.8. The molecule has 0 aliphatic heterocycles. The molecule has 0 saturated heterocycles. The molecule has 15 nitrogen and oxygen atoms in total. The summed E-state index contributed by atoms with van der Waals surface area (Å²) >= 11 is 0. The lowest BCUT2D eigenvalue weighted by Crippen LogP contribution is -2.48. The van der Waals surface area contributed by atoms with Crippen molar-refractivity contribution < 1.29 is 55.2 Å². The highest BCUT2D eigenvalue weighted by Crippen LogP contribution is 2.33. The van der Waals surface area contributed by atoms with Gasteiger partial charge in [0.25, 0.3) is 16.3 Å². The summed E-state index contributed by atoms with van der Waals surface area (Å²) in [6.45, 7) is 12.2. The van der Waals surface area contributed by atoms with Crippen molar-refractivity contribution in [3.63, 3.8) is 0 Å². The molecule has 3 rings (SSSR count). The molecule has 1 N–H and O–H groups in total. The lowest BCUT2D eigenvalue weighted by molar-refractivity contribution is -0.727. The smallest absolute Gasteiger partial charge is 0.511 e. The van der Waals surface area contributed by atoms with E-state index in [2.05, 4.69) is 10.4 Å². The zero-order valence-corrected chi connectivity index (χ0v) is 29.5. The quantitative estimate of drug-likeness (QED) is 0.0751. The van der Waals surface area contributed by atoms with E-state index in [1.54, 1.807) is 70.5 Å². The monoisotopic (exact) mass is 728 g/mol. The summed E-state index contributed by atoms with van der Waals surface area (Å²) < 4.78 is 84.0. The molecule has 19 heteroatoms. The highest BCUT2D eigenvalue weighted by Gasteiger charge is 2.35. The van der Waals surface area contributed by atoms with E-state index in [9.17, 15) is 36.4 Å². The van der Waals surface area contributed by atoms with Crippen LogP contribution in [-0.4, -0.2) is 71.0 Å². The minimum atomic E-state index is -4.73. The highest BCUT2D eigenvalue weighted by molar-refractivity contribution is 7.90. The SMILES string of the molecule is Cc1ccc(-c2cc(C(F)(F)F)nn2-c2ccc(S(=O)(=O)NC(=O)OCCN(/[N+]([O-])=N/OC(C)OC(=O)OC(C)(C)C)C(C)(C)C)cc2)cc1. The maximum absolute atomic E-state index is 13.5. The third-order valence-corrected chi connectivity index (χ3v) is 7.72. The third-order valence-electron chi connectivity index (χ3n) is 6.39. The van der Waals surface area contributed by atoms with Crippen LogP contribution in [0.15, 0.2) is 64.8 Å². The summed E-state index contributed by atoms with van der Waals surface area (Å²) in [6.07, 6.45) is -8.43. The molecule has 0 spiro atoms. The molecule has 2 aromatic carbocycles. The van der Waals surface area contributed by atoms with Crippen LogP contribution in [0, 0.1) is 12.1 Å². The zero-order chi connectivity index (χ0) is 37.7. The van der Waals surface area contributed by atoms with Gasteiger partial charge in [-0.2, -0.15) is 18.3 Å². The highest BCUT2D eigenvalue weighted by atomic mass is 32.2. The fraction of sp³-hybridized carbons (Fsp3) is 0.452. The van der Waals surface area contributed by atoms with Gasteiger partial charge in [-0.05, 0) is 78.8 Å². The molecule has 1 heterocycles. The van der Waals surface area contributed by atoms with Gasteiger partial charge in [0.15, 0.2) is 5.69 Å². The van der Waals surface area contributed by atoms with Gasteiger partial charge in [0.1, 0.15) is 18.8 Å². The predicted molar refractivity (Wildman–Crippen MR) is 171 cm³/mol. The lowest BCUT2D eigenvalue weighted by Gasteiger charge is -2.30.